The number of ether oxygens (including phenoxy) is 2. The summed E-state index contributed by atoms with van der Waals surface area (Å²) in [5.74, 6) is 1.08. The van der Waals surface area contributed by atoms with Crippen LogP contribution in [0.1, 0.15) is 17.5 Å². The molecule has 0 N–H and O–H groups in total. The van der Waals surface area contributed by atoms with Crippen molar-refractivity contribution in [3.63, 3.8) is 0 Å². The molecule has 1 fully saturated rings. The Morgan fingerprint density at radius 2 is 1.50 bits per heavy atom. The standard InChI is InChI=1S/C19H22O2S/c1-3-7-16(8-4-1)12-20-14-19-11-18(15-22-19)21-13-17-9-5-2-6-10-17/h1-10,18-19H,11-15H2/t18-,19-/m0/s1. The Balaban J connectivity index is 1.34. The zero-order valence-corrected chi connectivity index (χ0v) is 13.5. The molecule has 0 aliphatic carbocycles. The fourth-order valence-corrected chi connectivity index (χ4v) is 3.84. The van der Waals surface area contributed by atoms with Crippen LogP contribution in [0.5, 0.6) is 0 Å². The van der Waals surface area contributed by atoms with Gasteiger partial charge in [0.15, 0.2) is 0 Å². The van der Waals surface area contributed by atoms with Crippen LogP contribution in [0.2, 0.25) is 0 Å². The van der Waals surface area contributed by atoms with Crippen LogP contribution in [-0.4, -0.2) is 23.7 Å². The lowest BCUT2D eigenvalue weighted by molar-refractivity contribution is 0.0473. The first-order chi connectivity index (χ1) is 10.9. The summed E-state index contributed by atoms with van der Waals surface area (Å²) >= 11 is 1.97. The van der Waals surface area contributed by atoms with Crippen molar-refractivity contribution in [3.8, 4) is 0 Å². The van der Waals surface area contributed by atoms with Gasteiger partial charge in [0.2, 0.25) is 0 Å². The third-order valence-corrected chi connectivity index (χ3v) is 5.15. The Hall–Kier alpha value is -1.29. The Bertz CT molecular complexity index is 544. The highest BCUT2D eigenvalue weighted by Gasteiger charge is 2.26. The topological polar surface area (TPSA) is 18.5 Å². The minimum atomic E-state index is 0.357. The molecule has 1 saturated heterocycles. The highest BCUT2D eigenvalue weighted by atomic mass is 32.2. The average Bonchev–Trinajstić information content (AvgIpc) is 3.03. The molecule has 0 unspecified atom stereocenters. The van der Waals surface area contributed by atoms with Crippen molar-refractivity contribution in [2.45, 2.75) is 31.0 Å². The van der Waals surface area contributed by atoms with Crippen LogP contribution < -0.4 is 0 Å². The minimum absolute atomic E-state index is 0.357. The SMILES string of the molecule is c1ccc(COC[C@@H]2C[C@H](OCc3ccccc3)CS2)cc1. The summed E-state index contributed by atoms with van der Waals surface area (Å²) in [5, 5.41) is 0.560. The molecular formula is C19H22O2S. The average molecular weight is 314 g/mol. The van der Waals surface area contributed by atoms with Crippen molar-refractivity contribution in [1.29, 1.82) is 0 Å². The fourth-order valence-electron chi connectivity index (χ4n) is 2.58. The van der Waals surface area contributed by atoms with Crippen LogP contribution in [0, 0.1) is 0 Å². The summed E-state index contributed by atoms with van der Waals surface area (Å²) in [6.07, 6.45) is 1.45. The van der Waals surface area contributed by atoms with Gasteiger partial charge in [0.05, 0.1) is 25.9 Å². The molecule has 2 aromatic carbocycles. The molecule has 0 amide bonds. The third-order valence-electron chi connectivity index (χ3n) is 3.79. The summed E-state index contributed by atoms with van der Waals surface area (Å²) in [6.45, 7) is 2.22. The van der Waals surface area contributed by atoms with Gasteiger partial charge in [-0.3, -0.25) is 0 Å². The second-order valence-corrected chi connectivity index (χ2v) is 6.94. The number of thioether (sulfide) groups is 1. The smallest absolute Gasteiger partial charge is 0.0721 e. The van der Waals surface area contributed by atoms with Gasteiger partial charge in [0, 0.05) is 11.0 Å². The van der Waals surface area contributed by atoms with E-state index in [-0.39, 0.29) is 0 Å². The Kier molecular flexibility index (Phi) is 5.94. The van der Waals surface area contributed by atoms with Crippen molar-refractivity contribution >= 4 is 11.8 Å². The highest BCUT2D eigenvalue weighted by Crippen LogP contribution is 2.29. The zero-order chi connectivity index (χ0) is 15.0. The van der Waals surface area contributed by atoms with E-state index in [0.29, 0.717) is 24.6 Å². The third kappa shape index (κ3) is 4.87. The van der Waals surface area contributed by atoms with Gasteiger partial charge in [-0.1, -0.05) is 60.7 Å². The highest BCUT2D eigenvalue weighted by molar-refractivity contribution is 8.00. The van der Waals surface area contributed by atoms with Crippen molar-refractivity contribution in [1.82, 2.24) is 0 Å². The monoisotopic (exact) mass is 314 g/mol. The second kappa shape index (κ2) is 8.37. The molecule has 2 atom stereocenters. The van der Waals surface area contributed by atoms with Crippen LogP contribution in [0.25, 0.3) is 0 Å². The summed E-state index contributed by atoms with van der Waals surface area (Å²) in [6, 6.07) is 20.7. The molecule has 0 radical (unpaired) electrons. The summed E-state index contributed by atoms with van der Waals surface area (Å²) in [4.78, 5) is 0. The molecule has 116 valence electrons. The molecule has 0 saturated carbocycles. The first-order valence-electron chi connectivity index (χ1n) is 7.79. The van der Waals surface area contributed by atoms with Crippen molar-refractivity contribution in [2.24, 2.45) is 0 Å². The molecule has 2 aromatic rings. The van der Waals surface area contributed by atoms with E-state index < -0.39 is 0 Å². The van der Waals surface area contributed by atoms with Gasteiger partial charge in [0.25, 0.3) is 0 Å². The molecule has 0 aromatic heterocycles. The maximum absolute atomic E-state index is 6.01. The maximum Gasteiger partial charge on any atom is 0.0721 e. The lowest BCUT2D eigenvalue weighted by Gasteiger charge is -2.12. The van der Waals surface area contributed by atoms with Crippen molar-refractivity contribution < 1.29 is 9.47 Å². The Morgan fingerprint density at radius 1 is 0.864 bits per heavy atom. The van der Waals surface area contributed by atoms with Gasteiger partial charge >= 0.3 is 0 Å². The molecular weight excluding hydrogens is 292 g/mol. The summed E-state index contributed by atoms with van der Waals surface area (Å²) in [7, 11) is 0. The Labute approximate surface area is 136 Å². The van der Waals surface area contributed by atoms with E-state index in [1.807, 2.05) is 23.9 Å². The van der Waals surface area contributed by atoms with E-state index in [9.17, 15) is 0 Å². The van der Waals surface area contributed by atoms with E-state index in [2.05, 4.69) is 48.5 Å². The van der Waals surface area contributed by atoms with E-state index in [1.54, 1.807) is 0 Å². The van der Waals surface area contributed by atoms with E-state index in [1.165, 1.54) is 11.1 Å². The maximum atomic E-state index is 6.01. The lowest BCUT2D eigenvalue weighted by Crippen LogP contribution is -2.15. The van der Waals surface area contributed by atoms with Gasteiger partial charge in [-0.25, -0.2) is 0 Å². The van der Waals surface area contributed by atoms with Crippen molar-refractivity contribution in [2.75, 3.05) is 12.4 Å². The van der Waals surface area contributed by atoms with Crippen LogP contribution >= 0.6 is 11.8 Å². The number of benzene rings is 2. The summed E-state index contributed by atoms with van der Waals surface area (Å²) < 4.78 is 11.8. The normalized spacial score (nSPS) is 21.1. The number of rotatable bonds is 7. The van der Waals surface area contributed by atoms with E-state index >= 15 is 0 Å². The van der Waals surface area contributed by atoms with E-state index in [4.69, 9.17) is 9.47 Å². The molecule has 1 aliphatic heterocycles. The van der Waals surface area contributed by atoms with Crippen LogP contribution in [0.4, 0.5) is 0 Å². The Morgan fingerprint density at radius 3 is 2.18 bits per heavy atom. The van der Waals surface area contributed by atoms with Gasteiger partial charge in [-0.05, 0) is 17.5 Å². The molecule has 0 bridgehead atoms. The minimum Gasteiger partial charge on any atom is -0.376 e. The predicted octanol–water partition coefficient (Wildman–Crippen LogP) is 4.29. The molecule has 0 spiro atoms. The predicted molar refractivity (Wildman–Crippen MR) is 92.0 cm³/mol. The van der Waals surface area contributed by atoms with Gasteiger partial charge in [-0.2, -0.15) is 11.8 Å². The first-order valence-corrected chi connectivity index (χ1v) is 8.84. The molecule has 3 heteroatoms. The van der Waals surface area contributed by atoms with E-state index in [0.717, 1.165) is 18.8 Å². The lowest BCUT2D eigenvalue weighted by atomic mass is 10.2. The summed E-state index contributed by atoms with van der Waals surface area (Å²) in [5.41, 5.74) is 2.48. The molecule has 1 aliphatic rings. The van der Waals surface area contributed by atoms with Gasteiger partial charge < -0.3 is 9.47 Å². The van der Waals surface area contributed by atoms with Crippen molar-refractivity contribution in [3.05, 3.63) is 71.8 Å². The molecule has 22 heavy (non-hydrogen) atoms. The largest absolute Gasteiger partial charge is 0.376 e. The van der Waals surface area contributed by atoms with Gasteiger partial charge in [0.1, 0.15) is 0 Å². The van der Waals surface area contributed by atoms with Crippen LogP contribution in [0.3, 0.4) is 0 Å². The number of hydrogen-bond donors (Lipinski definition) is 0. The second-order valence-electron chi connectivity index (χ2n) is 5.61. The molecule has 1 heterocycles. The quantitative estimate of drug-likeness (QED) is 0.759. The van der Waals surface area contributed by atoms with Gasteiger partial charge in [-0.15, -0.1) is 0 Å². The molecule has 3 rings (SSSR count). The molecule has 2 nitrogen and oxygen atoms in total. The first kappa shape index (κ1) is 15.6. The van der Waals surface area contributed by atoms with Crippen LogP contribution in [-0.2, 0) is 22.7 Å². The zero-order valence-electron chi connectivity index (χ0n) is 12.7. The van der Waals surface area contributed by atoms with Crippen LogP contribution in [0.15, 0.2) is 60.7 Å². The number of hydrogen-bond acceptors (Lipinski definition) is 3. The fraction of sp³-hybridized carbons (Fsp3) is 0.368.